The van der Waals surface area contributed by atoms with Gasteiger partial charge in [0.1, 0.15) is 5.84 Å². The zero-order valence-corrected chi connectivity index (χ0v) is 18.7. The Morgan fingerprint density at radius 3 is 1.89 bits per heavy atom. The first kappa shape index (κ1) is 25.8. The number of carbonyl (C=O) groups excluding carboxylic acids is 2. The van der Waals surface area contributed by atoms with E-state index in [9.17, 15) is 9.59 Å². The SMILES string of the molecule is CNCC(=NC(=O)NCCCCCCCC(=O)N=C(N(C)C)N(C)C)N(C)C. The minimum Gasteiger partial charge on any atom is -0.365 e. The molecule has 0 aromatic rings. The lowest BCUT2D eigenvalue weighted by Crippen LogP contribution is -2.36. The minimum absolute atomic E-state index is 0.0826. The molecular formula is C19H39N7O2. The third-order valence-corrected chi connectivity index (χ3v) is 3.95. The Balaban J connectivity index is 3.93. The molecule has 3 amide bonds. The van der Waals surface area contributed by atoms with E-state index < -0.39 is 0 Å². The fourth-order valence-corrected chi connectivity index (χ4v) is 2.51. The van der Waals surface area contributed by atoms with Crippen LogP contribution in [0.5, 0.6) is 0 Å². The molecule has 2 N–H and O–H groups in total. The van der Waals surface area contributed by atoms with Crippen molar-refractivity contribution in [3.8, 4) is 0 Å². The van der Waals surface area contributed by atoms with Crippen LogP contribution in [0.15, 0.2) is 9.98 Å². The van der Waals surface area contributed by atoms with Crippen LogP contribution in [0.4, 0.5) is 4.79 Å². The van der Waals surface area contributed by atoms with Crippen LogP contribution in [0.25, 0.3) is 0 Å². The Labute approximate surface area is 170 Å². The number of nitrogens with one attached hydrogen (secondary N) is 2. The fraction of sp³-hybridized carbons (Fsp3) is 0.789. The van der Waals surface area contributed by atoms with Crippen molar-refractivity contribution < 1.29 is 9.59 Å². The van der Waals surface area contributed by atoms with Crippen molar-refractivity contribution in [2.45, 2.75) is 38.5 Å². The fourth-order valence-electron chi connectivity index (χ4n) is 2.51. The number of nitrogens with zero attached hydrogens (tertiary/aromatic N) is 5. The molecule has 0 saturated heterocycles. The van der Waals surface area contributed by atoms with E-state index in [1.165, 1.54) is 0 Å². The van der Waals surface area contributed by atoms with Gasteiger partial charge in [0.25, 0.3) is 0 Å². The zero-order chi connectivity index (χ0) is 21.5. The van der Waals surface area contributed by atoms with E-state index in [4.69, 9.17) is 0 Å². The van der Waals surface area contributed by atoms with Gasteiger partial charge in [-0.15, -0.1) is 0 Å². The molecule has 162 valence electrons. The van der Waals surface area contributed by atoms with Crippen molar-refractivity contribution in [3.63, 3.8) is 0 Å². The van der Waals surface area contributed by atoms with E-state index in [-0.39, 0.29) is 11.9 Å². The molecule has 0 fully saturated rings. The minimum atomic E-state index is -0.306. The van der Waals surface area contributed by atoms with Crippen molar-refractivity contribution in [1.82, 2.24) is 25.3 Å². The van der Waals surface area contributed by atoms with Crippen molar-refractivity contribution >= 4 is 23.7 Å². The molecule has 0 rings (SSSR count). The van der Waals surface area contributed by atoms with Crippen LogP contribution in [0, 0.1) is 0 Å². The summed E-state index contributed by atoms with van der Waals surface area (Å²) in [5.41, 5.74) is 0. The predicted molar refractivity (Wildman–Crippen MR) is 116 cm³/mol. The molecular weight excluding hydrogens is 358 g/mol. The van der Waals surface area contributed by atoms with E-state index >= 15 is 0 Å². The van der Waals surface area contributed by atoms with Crippen LogP contribution in [0.1, 0.15) is 38.5 Å². The Morgan fingerprint density at radius 1 is 0.786 bits per heavy atom. The highest BCUT2D eigenvalue weighted by molar-refractivity contribution is 5.94. The van der Waals surface area contributed by atoms with E-state index in [1.807, 2.05) is 64.0 Å². The van der Waals surface area contributed by atoms with Gasteiger partial charge in [0.05, 0.1) is 6.54 Å². The molecule has 0 atom stereocenters. The molecule has 0 aliphatic carbocycles. The highest BCUT2D eigenvalue weighted by Crippen LogP contribution is 2.06. The van der Waals surface area contributed by atoms with Crippen LogP contribution in [0.2, 0.25) is 0 Å². The second-order valence-corrected chi connectivity index (χ2v) is 7.30. The Bertz CT molecular complexity index is 518. The number of carbonyl (C=O) groups is 2. The molecule has 0 unspecified atom stereocenters. The number of guanidine groups is 1. The molecule has 0 heterocycles. The number of likely N-dealkylation sites (N-methyl/N-ethyl adjacent to an activating group) is 2. The third kappa shape index (κ3) is 12.3. The highest BCUT2D eigenvalue weighted by atomic mass is 16.2. The predicted octanol–water partition coefficient (Wildman–Crippen LogP) is 1.22. The first-order valence-electron chi connectivity index (χ1n) is 9.82. The first-order chi connectivity index (χ1) is 13.2. The summed E-state index contributed by atoms with van der Waals surface area (Å²) in [6.45, 7) is 1.16. The van der Waals surface area contributed by atoms with Gasteiger partial charge in [-0.1, -0.05) is 19.3 Å². The number of hydrogen-bond acceptors (Lipinski definition) is 3. The summed E-state index contributed by atoms with van der Waals surface area (Å²) in [6, 6.07) is -0.306. The molecule has 0 bridgehead atoms. The Morgan fingerprint density at radius 2 is 1.36 bits per heavy atom. The highest BCUT2D eigenvalue weighted by Gasteiger charge is 2.08. The molecule has 0 aliphatic rings. The van der Waals surface area contributed by atoms with Gasteiger partial charge in [-0.3, -0.25) is 4.79 Å². The van der Waals surface area contributed by atoms with Crippen molar-refractivity contribution in [1.29, 1.82) is 0 Å². The maximum Gasteiger partial charge on any atom is 0.342 e. The summed E-state index contributed by atoms with van der Waals surface area (Å²) >= 11 is 0. The second kappa shape index (κ2) is 14.8. The first-order valence-corrected chi connectivity index (χ1v) is 9.82. The van der Waals surface area contributed by atoms with Gasteiger partial charge in [0.15, 0.2) is 0 Å². The van der Waals surface area contributed by atoms with E-state index in [2.05, 4.69) is 20.6 Å². The van der Waals surface area contributed by atoms with Crippen LogP contribution in [0.3, 0.4) is 0 Å². The molecule has 28 heavy (non-hydrogen) atoms. The maximum atomic E-state index is 11.9. The number of rotatable bonds is 10. The number of urea groups is 1. The van der Waals surface area contributed by atoms with Gasteiger partial charge in [0, 0.05) is 55.3 Å². The maximum absolute atomic E-state index is 11.9. The number of amides is 3. The van der Waals surface area contributed by atoms with Gasteiger partial charge in [0.2, 0.25) is 11.9 Å². The molecule has 0 aliphatic heterocycles. The summed E-state index contributed by atoms with van der Waals surface area (Å²) < 4.78 is 0. The van der Waals surface area contributed by atoms with Crippen molar-refractivity contribution in [3.05, 3.63) is 0 Å². The molecule has 0 radical (unpaired) electrons. The number of hydrogen-bond donors (Lipinski definition) is 2. The summed E-state index contributed by atoms with van der Waals surface area (Å²) in [4.78, 5) is 37.5. The van der Waals surface area contributed by atoms with Crippen LogP contribution in [-0.4, -0.2) is 101 Å². The van der Waals surface area contributed by atoms with E-state index in [0.717, 1.165) is 32.1 Å². The van der Waals surface area contributed by atoms with E-state index in [1.54, 1.807) is 0 Å². The molecule has 0 saturated carbocycles. The third-order valence-electron chi connectivity index (χ3n) is 3.95. The Hall–Kier alpha value is -2.16. The zero-order valence-electron chi connectivity index (χ0n) is 18.7. The van der Waals surface area contributed by atoms with Gasteiger partial charge in [-0.2, -0.15) is 9.98 Å². The smallest absolute Gasteiger partial charge is 0.342 e. The monoisotopic (exact) mass is 397 g/mol. The van der Waals surface area contributed by atoms with E-state index in [0.29, 0.717) is 31.3 Å². The van der Waals surface area contributed by atoms with Crippen LogP contribution in [-0.2, 0) is 4.79 Å². The van der Waals surface area contributed by atoms with Crippen LogP contribution >= 0.6 is 0 Å². The number of aliphatic imine (C=N–C) groups is 2. The topological polar surface area (TPSA) is 92.6 Å². The summed E-state index contributed by atoms with van der Waals surface area (Å²) in [6.07, 6.45) is 5.24. The van der Waals surface area contributed by atoms with Gasteiger partial charge in [-0.05, 0) is 19.9 Å². The second-order valence-electron chi connectivity index (χ2n) is 7.30. The average molecular weight is 398 g/mol. The molecule has 9 heteroatoms. The lowest BCUT2D eigenvalue weighted by Gasteiger charge is -2.22. The lowest BCUT2D eigenvalue weighted by molar-refractivity contribution is -0.118. The van der Waals surface area contributed by atoms with Crippen LogP contribution < -0.4 is 10.6 Å². The number of amidine groups is 1. The Kier molecular flexibility index (Phi) is 13.7. The largest absolute Gasteiger partial charge is 0.365 e. The summed E-state index contributed by atoms with van der Waals surface area (Å²) in [5, 5.41) is 5.81. The molecule has 0 aromatic heterocycles. The van der Waals surface area contributed by atoms with Gasteiger partial charge >= 0.3 is 6.03 Å². The average Bonchev–Trinajstić information content (AvgIpc) is 2.60. The van der Waals surface area contributed by atoms with Gasteiger partial charge in [-0.25, -0.2) is 4.79 Å². The summed E-state index contributed by atoms with van der Waals surface area (Å²) in [7, 11) is 13.0. The van der Waals surface area contributed by atoms with Crippen molar-refractivity contribution in [2.75, 3.05) is 62.4 Å². The molecule has 9 nitrogen and oxygen atoms in total. The van der Waals surface area contributed by atoms with Crippen molar-refractivity contribution in [2.24, 2.45) is 9.98 Å². The lowest BCUT2D eigenvalue weighted by atomic mass is 10.1. The van der Waals surface area contributed by atoms with Gasteiger partial charge < -0.3 is 25.3 Å². The normalized spacial score (nSPS) is 11.0. The summed E-state index contributed by atoms with van der Waals surface area (Å²) in [5.74, 6) is 1.27. The molecule has 0 aromatic carbocycles. The number of unbranched alkanes of at least 4 members (excludes halogenated alkanes) is 4. The standard InChI is InChI=1S/C19H39N7O2/c1-20-15-16(24(2)3)22-18(28)21-14-12-10-8-9-11-13-17(27)23-19(25(4)5)26(6)7/h20H,8-15H2,1-7H3,(H,21,28). The quantitative estimate of drug-likeness (QED) is 0.327. The molecule has 0 spiro atoms.